The molecule has 156 valence electrons. The molecule has 2 aliphatic heterocycles. The lowest BCUT2D eigenvalue weighted by Gasteiger charge is -2.53. The van der Waals surface area contributed by atoms with Crippen molar-refractivity contribution in [3.8, 4) is 0 Å². The Hall–Kier alpha value is -2.69. The van der Waals surface area contributed by atoms with Crippen LogP contribution in [0, 0.1) is 5.82 Å². The van der Waals surface area contributed by atoms with Gasteiger partial charge in [-0.25, -0.2) is 4.39 Å². The molecule has 1 aliphatic carbocycles. The zero-order chi connectivity index (χ0) is 21.2. The van der Waals surface area contributed by atoms with E-state index in [0.717, 1.165) is 41.6 Å². The van der Waals surface area contributed by atoms with E-state index in [2.05, 4.69) is 28.0 Å². The van der Waals surface area contributed by atoms with Crippen molar-refractivity contribution in [3.63, 3.8) is 0 Å². The van der Waals surface area contributed by atoms with Crippen LogP contribution >= 0.6 is 11.6 Å². The average molecular weight is 433 g/mol. The minimum atomic E-state index is -0.572. The number of fused-ring (bicyclic) bond motifs is 4. The Labute approximate surface area is 186 Å². The van der Waals surface area contributed by atoms with Gasteiger partial charge in [0, 0.05) is 35.6 Å². The lowest BCUT2D eigenvalue weighted by atomic mass is 9.71. The highest BCUT2D eigenvalue weighted by Crippen LogP contribution is 2.67. The summed E-state index contributed by atoms with van der Waals surface area (Å²) in [7, 11) is 0. The molecule has 6 rings (SSSR count). The van der Waals surface area contributed by atoms with Crippen LogP contribution in [0.4, 0.5) is 4.39 Å². The van der Waals surface area contributed by atoms with Crippen molar-refractivity contribution in [1.82, 2.24) is 9.80 Å². The van der Waals surface area contributed by atoms with Crippen LogP contribution in [-0.2, 0) is 17.6 Å². The fourth-order valence-electron chi connectivity index (χ4n) is 5.99. The number of carbonyl (C=O) groups is 1. The SMILES string of the molecule is O=C1c2ccccc2C2(CC2)C2(c3ccc(Cl)cc3)N(Cc3ccc(F)cc3)CCN12. The Bertz CT molecular complexity index is 1170. The zero-order valence-electron chi connectivity index (χ0n) is 17.0. The average Bonchev–Trinajstić information content (AvgIpc) is 3.50. The minimum Gasteiger partial charge on any atom is -0.314 e. The molecule has 3 aromatic carbocycles. The molecule has 2 fully saturated rings. The number of halogens is 2. The topological polar surface area (TPSA) is 23.6 Å². The molecule has 3 aromatic rings. The molecule has 31 heavy (non-hydrogen) atoms. The highest BCUT2D eigenvalue weighted by molar-refractivity contribution is 6.30. The van der Waals surface area contributed by atoms with Crippen molar-refractivity contribution in [2.75, 3.05) is 13.1 Å². The molecule has 3 aliphatic rings. The summed E-state index contributed by atoms with van der Waals surface area (Å²) in [6, 6.07) is 22.7. The molecule has 0 aromatic heterocycles. The predicted octanol–water partition coefficient (Wildman–Crippen LogP) is 5.34. The maximum absolute atomic E-state index is 13.7. The summed E-state index contributed by atoms with van der Waals surface area (Å²) in [5, 5.41) is 0.683. The Morgan fingerprint density at radius 1 is 0.903 bits per heavy atom. The van der Waals surface area contributed by atoms with Crippen LogP contribution < -0.4 is 0 Å². The van der Waals surface area contributed by atoms with E-state index in [1.807, 2.05) is 42.5 Å². The number of hydrogen-bond acceptors (Lipinski definition) is 2. The van der Waals surface area contributed by atoms with Gasteiger partial charge in [0.05, 0.1) is 0 Å². The molecular formula is C26H22ClFN2O. The molecule has 0 bridgehead atoms. The van der Waals surface area contributed by atoms with Crippen LogP contribution in [0.3, 0.4) is 0 Å². The van der Waals surface area contributed by atoms with Gasteiger partial charge in [-0.3, -0.25) is 9.69 Å². The number of hydrogen-bond donors (Lipinski definition) is 0. The summed E-state index contributed by atoms with van der Waals surface area (Å²) in [6.07, 6.45) is 2.05. The van der Waals surface area contributed by atoms with E-state index < -0.39 is 5.66 Å². The van der Waals surface area contributed by atoms with Gasteiger partial charge < -0.3 is 4.90 Å². The Balaban J connectivity index is 1.57. The third-order valence-electron chi connectivity index (χ3n) is 7.31. The van der Waals surface area contributed by atoms with Crippen LogP contribution in [-0.4, -0.2) is 28.8 Å². The quantitative estimate of drug-likeness (QED) is 0.558. The van der Waals surface area contributed by atoms with E-state index in [1.54, 1.807) is 0 Å². The van der Waals surface area contributed by atoms with Gasteiger partial charge in [0.15, 0.2) is 0 Å². The highest BCUT2D eigenvalue weighted by atomic mass is 35.5. The number of benzene rings is 3. The third kappa shape index (κ3) is 2.52. The minimum absolute atomic E-state index is 0.0877. The number of rotatable bonds is 3. The molecule has 1 amide bonds. The molecule has 1 spiro atoms. The van der Waals surface area contributed by atoms with E-state index in [0.29, 0.717) is 18.1 Å². The predicted molar refractivity (Wildman–Crippen MR) is 118 cm³/mol. The summed E-state index contributed by atoms with van der Waals surface area (Å²) in [6.45, 7) is 2.08. The molecular weight excluding hydrogens is 411 g/mol. The van der Waals surface area contributed by atoms with Gasteiger partial charge in [0.1, 0.15) is 11.5 Å². The van der Waals surface area contributed by atoms with Crippen LogP contribution in [0.15, 0.2) is 72.8 Å². The lowest BCUT2D eigenvalue weighted by Crippen LogP contribution is -2.63. The first kappa shape index (κ1) is 19.0. The van der Waals surface area contributed by atoms with Crippen LogP contribution in [0.2, 0.25) is 5.02 Å². The van der Waals surface area contributed by atoms with Gasteiger partial charge in [-0.05, 0) is 59.9 Å². The van der Waals surface area contributed by atoms with Gasteiger partial charge in [0.25, 0.3) is 5.91 Å². The molecule has 1 atom stereocenters. The molecule has 1 saturated carbocycles. The van der Waals surface area contributed by atoms with E-state index >= 15 is 0 Å². The molecule has 3 nitrogen and oxygen atoms in total. The Morgan fingerprint density at radius 3 is 2.32 bits per heavy atom. The van der Waals surface area contributed by atoms with Crippen molar-refractivity contribution in [2.45, 2.75) is 30.5 Å². The second-order valence-electron chi connectivity index (χ2n) is 8.81. The summed E-state index contributed by atoms with van der Waals surface area (Å²) < 4.78 is 13.5. The molecule has 0 radical (unpaired) electrons. The fourth-order valence-corrected chi connectivity index (χ4v) is 6.11. The molecule has 1 saturated heterocycles. The standard InChI is InChI=1S/C26H22ClFN2O/c27-20-9-7-19(8-10-20)26-25(13-14-25)23-4-2-1-3-22(23)24(31)30(26)16-15-29(26)17-18-5-11-21(28)12-6-18/h1-12H,13-17H2. The van der Waals surface area contributed by atoms with Crippen LogP contribution in [0.1, 0.15) is 39.9 Å². The van der Waals surface area contributed by atoms with Crippen LogP contribution in [0.5, 0.6) is 0 Å². The van der Waals surface area contributed by atoms with Crippen molar-refractivity contribution >= 4 is 17.5 Å². The first-order valence-corrected chi connectivity index (χ1v) is 11.1. The molecule has 2 heterocycles. The van der Waals surface area contributed by atoms with E-state index in [4.69, 9.17) is 11.6 Å². The second-order valence-corrected chi connectivity index (χ2v) is 9.25. The summed E-state index contributed by atoms with van der Waals surface area (Å²) in [5.74, 6) is -0.149. The van der Waals surface area contributed by atoms with E-state index in [-0.39, 0.29) is 17.1 Å². The van der Waals surface area contributed by atoms with Crippen molar-refractivity contribution in [2.24, 2.45) is 0 Å². The summed E-state index contributed by atoms with van der Waals surface area (Å²) in [5.41, 5.74) is 3.39. The summed E-state index contributed by atoms with van der Waals surface area (Å²) in [4.78, 5) is 18.2. The van der Waals surface area contributed by atoms with Gasteiger partial charge in [-0.1, -0.05) is 54.1 Å². The van der Waals surface area contributed by atoms with Crippen molar-refractivity contribution in [1.29, 1.82) is 0 Å². The molecule has 1 unspecified atom stereocenters. The smallest absolute Gasteiger partial charge is 0.255 e. The number of carbonyl (C=O) groups excluding carboxylic acids is 1. The fraction of sp³-hybridized carbons (Fsp3) is 0.269. The third-order valence-corrected chi connectivity index (χ3v) is 7.56. The van der Waals surface area contributed by atoms with Gasteiger partial charge in [0.2, 0.25) is 0 Å². The normalized spacial score (nSPS) is 23.7. The maximum atomic E-state index is 13.7. The Morgan fingerprint density at radius 2 is 1.61 bits per heavy atom. The molecule has 0 N–H and O–H groups in total. The van der Waals surface area contributed by atoms with E-state index in [9.17, 15) is 9.18 Å². The lowest BCUT2D eigenvalue weighted by molar-refractivity contribution is -0.0294. The maximum Gasteiger partial charge on any atom is 0.255 e. The monoisotopic (exact) mass is 432 g/mol. The summed E-state index contributed by atoms with van der Waals surface area (Å²) >= 11 is 6.24. The van der Waals surface area contributed by atoms with Crippen LogP contribution in [0.25, 0.3) is 0 Å². The number of nitrogens with zero attached hydrogens (tertiary/aromatic N) is 2. The van der Waals surface area contributed by atoms with Crippen molar-refractivity contribution in [3.05, 3.63) is 106 Å². The zero-order valence-corrected chi connectivity index (χ0v) is 17.8. The number of amides is 1. The van der Waals surface area contributed by atoms with E-state index in [1.165, 1.54) is 12.1 Å². The first-order chi connectivity index (χ1) is 15.1. The largest absolute Gasteiger partial charge is 0.314 e. The highest BCUT2D eigenvalue weighted by Gasteiger charge is 2.71. The molecule has 5 heteroatoms. The van der Waals surface area contributed by atoms with Gasteiger partial charge in [-0.15, -0.1) is 0 Å². The van der Waals surface area contributed by atoms with Gasteiger partial charge in [-0.2, -0.15) is 0 Å². The first-order valence-electron chi connectivity index (χ1n) is 10.7. The second kappa shape index (κ2) is 6.65. The van der Waals surface area contributed by atoms with Gasteiger partial charge >= 0.3 is 0 Å². The van der Waals surface area contributed by atoms with Crippen molar-refractivity contribution < 1.29 is 9.18 Å². The Kier molecular flexibility index (Phi) is 4.08.